The summed E-state index contributed by atoms with van der Waals surface area (Å²) in [6.07, 6.45) is -2.13. The normalized spacial score (nSPS) is 63.5. The van der Waals surface area contributed by atoms with E-state index in [2.05, 4.69) is 6.92 Å². The Morgan fingerprint density at radius 3 is 2.50 bits per heavy atom. The minimum absolute atomic E-state index is 0.0377. The molecule has 4 aliphatic heterocycles. The molecule has 40 heavy (non-hydrogen) atoms. The molecule has 0 unspecified atom stereocenters. The van der Waals surface area contributed by atoms with Crippen molar-refractivity contribution in [1.82, 2.24) is 0 Å². The highest BCUT2D eigenvalue weighted by Crippen LogP contribution is 2.77. The number of epoxide rings is 1. The van der Waals surface area contributed by atoms with Crippen molar-refractivity contribution in [3.63, 3.8) is 0 Å². The molecule has 0 radical (unpaired) electrons. The maximum absolute atomic E-state index is 12.6. The lowest BCUT2D eigenvalue weighted by atomic mass is 9.41. The Hall–Kier alpha value is -1.15. The van der Waals surface area contributed by atoms with Crippen molar-refractivity contribution in [2.75, 3.05) is 6.61 Å². The van der Waals surface area contributed by atoms with Crippen LogP contribution in [-0.2, 0) is 28.5 Å². The van der Waals surface area contributed by atoms with Gasteiger partial charge in [0.1, 0.15) is 23.9 Å². The molecule has 1 spiro atoms. The molecule has 0 bridgehead atoms. The molecule has 222 valence electrons. The molecular formula is C29H40O11. The number of rotatable bonds is 1. The van der Waals surface area contributed by atoms with E-state index < -0.39 is 70.4 Å². The maximum Gasteiger partial charge on any atom is 0.331 e. The number of carbonyl (C=O) groups excluding carboxylic acids is 1. The zero-order chi connectivity index (χ0) is 28.2. The van der Waals surface area contributed by atoms with Crippen LogP contribution in [0.4, 0.5) is 0 Å². The Bertz CT molecular complexity index is 1180. The Morgan fingerprint density at radius 2 is 1.77 bits per heavy atom. The van der Waals surface area contributed by atoms with E-state index in [-0.39, 0.29) is 43.2 Å². The molecule has 0 aromatic carbocycles. The summed E-state index contributed by atoms with van der Waals surface area (Å²) < 4.78 is 30.0. The Labute approximate surface area is 232 Å². The molecule has 0 aromatic rings. The molecule has 4 heterocycles. The highest BCUT2D eigenvalue weighted by Gasteiger charge is 2.88. The Morgan fingerprint density at radius 1 is 1.00 bits per heavy atom. The van der Waals surface area contributed by atoms with Crippen molar-refractivity contribution in [2.45, 2.75) is 125 Å². The fourth-order valence-corrected chi connectivity index (χ4v) is 10.8. The van der Waals surface area contributed by atoms with E-state index in [1.165, 1.54) is 6.08 Å². The fraction of sp³-hybridized carbons (Fsp3) is 0.897. The van der Waals surface area contributed by atoms with Crippen LogP contribution in [0.3, 0.4) is 0 Å². The van der Waals surface area contributed by atoms with E-state index in [0.717, 1.165) is 5.57 Å². The minimum atomic E-state index is -2.00. The van der Waals surface area contributed by atoms with Crippen molar-refractivity contribution in [3.8, 4) is 0 Å². The van der Waals surface area contributed by atoms with E-state index in [0.29, 0.717) is 32.1 Å². The van der Waals surface area contributed by atoms with Gasteiger partial charge in [-0.15, -0.1) is 0 Å². The number of esters is 1. The summed E-state index contributed by atoms with van der Waals surface area (Å²) in [5.41, 5.74) is -3.54. The lowest BCUT2D eigenvalue weighted by Crippen LogP contribution is -2.78. The molecule has 7 fully saturated rings. The third-order valence-corrected chi connectivity index (χ3v) is 12.8. The van der Waals surface area contributed by atoms with E-state index in [1.54, 1.807) is 0 Å². The molecule has 11 nitrogen and oxygen atoms in total. The van der Waals surface area contributed by atoms with Crippen molar-refractivity contribution < 1.29 is 54.0 Å². The van der Waals surface area contributed by atoms with Crippen LogP contribution in [0, 0.1) is 28.6 Å². The summed E-state index contributed by atoms with van der Waals surface area (Å²) in [5, 5.41) is 58.5. The van der Waals surface area contributed by atoms with Crippen LogP contribution in [-0.4, -0.2) is 104 Å². The molecule has 8 aliphatic rings. The van der Waals surface area contributed by atoms with Gasteiger partial charge in [-0.1, -0.05) is 13.8 Å². The smallest absolute Gasteiger partial charge is 0.331 e. The van der Waals surface area contributed by atoms with E-state index in [9.17, 15) is 30.3 Å². The van der Waals surface area contributed by atoms with Crippen molar-refractivity contribution >= 4 is 5.97 Å². The number of aliphatic hydroxyl groups excluding tert-OH is 3. The number of cyclic esters (lactones) is 1. The molecular weight excluding hydrogens is 524 g/mol. The van der Waals surface area contributed by atoms with Gasteiger partial charge in [0.05, 0.1) is 36.6 Å². The predicted octanol–water partition coefficient (Wildman–Crippen LogP) is -0.105. The summed E-state index contributed by atoms with van der Waals surface area (Å²) in [4.78, 5) is 11.9. The number of hydrogen-bond acceptors (Lipinski definition) is 11. The van der Waals surface area contributed by atoms with Gasteiger partial charge in [0.25, 0.3) is 0 Å². The first-order valence-corrected chi connectivity index (χ1v) is 14.8. The Kier molecular flexibility index (Phi) is 5.20. The molecule has 5 N–H and O–H groups in total. The lowest BCUT2D eigenvalue weighted by Gasteiger charge is -2.66. The molecule has 4 aliphatic carbocycles. The SMILES string of the molecule is C[C@@H]1C[C@@H](O)[C@]2(O)O[C@@H]3C[C@@]4(C)[C@H](C[C@@H]5O[C@]56[C@@H]4[C@H](O)[C@@H](O)[C@]4(C)[C@@H](C5=CC(=O)OC5)CC[C@@]46O)C[C@H]3O[C@@H]2O1. The highest BCUT2D eigenvalue weighted by molar-refractivity contribution is 5.85. The van der Waals surface area contributed by atoms with Crippen LogP contribution in [0.15, 0.2) is 11.6 Å². The first-order valence-electron chi connectivity index (χ1n) is 14.8. The minimum Gasteiger partial charge on any atom is -0.458 e. The topological polar surface area (TPSA) is 168 Å². The summed E-state index contributed by atoms with van der Waals surface area (Å²) in [5.74, 6) is -3.34. The average molecular weight is 565 g/mol. The van der Waals surface area contributed by atoms with Crippen LogP contribution in [0.25, 0.3) is 0 Å². The second kappa shape index (κ2) is 7.86. The Balaban J connectivity index is 1.16. The molecule has 0 aromatic heterocycles. The van der Waals surface area contributed by atoms with Crippen molar-refractivity contribution in [2.24, 2.45) is 28.6 Å². The third kappa shape index (κ3) is 2.85. The van der Waals surface area contributed by atoms with E-state index in [1.807, 2.05) is 13.8 Å². The van der Waals surface area contributed by atoms with Gasteiger partial charge in [-0.05, 0) is 61.9 Å². The van der Waals surface area contributed by atoms with Gasteiger partial charge in [0, 0.05) is 23.8 Å². The summed E-state index contributed by atoms with van der Waals surface area (Å²) >= 11 is 0. The van der Waals surface area contributed by atoms with Crippen LogP contribution in [0.5, 0.6) is 0 Å². The number of hydrogen-bond donors (Lipinski definition) is 5. The second-order valence-corrected chi connectivity index (χ2v) is 14.4. The molecule has 11 heteroatoms. The van der Waals surface area contributed by atoms with Gasteiger partial charge < -0.3 is 49.2 Å². The summed E-state index contributed by atoms with van der Waals surface area (Å²) in [7, 11) is 0. The zero-order valence-corrected chi connectivity index (χ0v) is 23.1. The number of aliphatic hydroxyl groups is 5. The molecule has 3 saturated heterocycles. The highest BCUT2D eigenvalue weighted by atomic mass is 16.8. The monoisotopic (exact) mass is 564 g/mol. The van der Waals surface area contributed by atoms with Gasteiger partial charge in [-0.2, -0.15) is 0 Å². The number of fused-ring (bicyclic) bond motifs is 5. The van der Waals surface area contributed by atoms with Gasteiger partial charge in [-0.3, -0.25) is 0 Å². The first kappa shape index (κ1) is 26.5. The van der Waals surface area contributed by atoms with Gasteiger partial charge in [0.2, 0.25) is 12.1 Å². The number of ether oxygens (including phenoxy) is 5. The van der Waals surface area contributed by atoms with Crippen LogP contribution in [0.1, 0.15) is 59.3 Å². The van der Waals surface area contributed by atoms with Gasteiger partial charge >= 0.3 is 5.97 Å². The molecule has 16 atom stereocenters. The fourth-order valence-electron chi connectivity index (χ4n) is 10.8. The predicted molar refractivity (Wildman–Crippen MR) is 133 cm³/mol. The van der Waals surface area contributed by atoms with Crippen LogP contribution < -0.4 is 0 Å². The first-order chi connectivity index (χ1) is 18.8. The summed E-state index contributed by atoms with van der Waals surface area (Å²) in [6.45, 7) is 5.82. The standard InChI is InChI=1S/C29H40O11/c1-12-6-18(30)29(35)24(37-12)38-16-8-14-9-19-28(40-19)22(25(14,2)10-17(16)39-29)21(32)23(33)26(3)15(4-5-27(26,28)34)13-7-20(31)36-11-13/h7,12,14-19,21-24,30,32-35H,4-6,8-11H2,1-3H3/t12-,14+,15-,16-,17-,18-,19+,21+,22-,23-,24+,25+,26+,27-,28+,29+/m1/s1. The molecule has 8 rings (SSSR count). The van der Waals surface area contributed by atoms with Crippen molar-refractivity contribution in [3.05, 3.63) is 11.6 Å². The zero-order valence-electron chi connectivity index (χ0n) is 23.1. The van der Waals surface area contributed by atoms with E-state index >= 15 is 0 Å². The molecule has 4 saturated carbocycles. The largest absolute Gasteiger partial charge is 0.458 e. The van der Waals surface area contributed by atoms with Gasteiger partial charge in [0.15, 0.2) is 0 Å². The van der Waals surface area contributed by atoms with Crippen molar-refractivity contribution in [1.29, 1.82) is 0 Å². The quantitative estimate of drug-likeness (QED) is 0.164. The second-order valence-electron chi connectivity index (χ2n) is 14.4. The molecule has 0 amide bonds. The number of carbonyl (C=O) groups is 1. The average Bonchev–Trinajstić information content (AvgIpc) is 3.33. The van der Waals surface area contributed by atoms with Crippen LogP contribution in [0.2, 0.25) is 0 Å². The maximum atomic E-state index is 12.6. The van der Waals surface area contributed by atoms with Crippen LogP contribution >= 0.6 is 0 Å². The lowest BCUT2D eigenvalue weighted by molar-refractivity contribution is -0.458. The third-order valence-electron chi connectivity index (χ3n) is 12.8. The summed E-state index contributed by atoms with van der Waals surface area (Å²) in [6, 6.07) is 0. The van der Waals surface area contributed by atoms with E-state index in [4.69, 9.17) is 23.7 Å². The van der Waals surface area contributed by atoms with Gasteiger partial charge in [-0.25, -0.2) is 4.79 Å².